The maximum atomic E-state index is 12.8. The Bertz CT molecular complexity index is 892. The maximum Gasteiger partial charge on any atom is 0.178 e. The van der Waals surface area contributed by atoms with Crippen LogP contribution in [0.1, 0.15) is 29.3 Å². The van der Waals surface area contributed by atoms with Gasteiger partial charge in [-0.15, -0.1) is 0 Å². The molecule has 0 spiro atoms. The Hall–Kier alpha value is -1.57. The summed E-state index contributed by atoms with van der Waals surface area (Å²) in [7, 11) is 1.87. The SMILES string of the molecule is CC(=N)c1ccc(/C=C(\F)C=O)cc1NPI.CNc1c(C)ncc(Cl)c1C. The van der Waals surface area contributed by atoms with Crippen LogP contribution in [0.2, 0.25) is 5.02 Å². The van der Waals surface area contributed by atoms with E-state index in [2.05, 4.69) is 37.4 Å². The Morgan fingerprint density at radius 3 is 2.57 bits per heavy atom. The number of nitrogens with one attached hydrogen (secondary N) is 3. The smallest absolute Gasteiger partial charge is 0.178 e. The number of hydrogen-bond donors (Lipinski definition) is 3. The maximum absolute atomic E-state index is 12.8. The minimum Gasteiger partial charge on any atom is -0.386 e. The molecular weight excluding hydrogens is 513 g/mol. The molecule has 1 unspecified atom stereocenters. The van der Waals surface area contributed by atoms with Crippen molar-refractivity contribution in [2.24, 2.45) is 0 Å². The van der Waals surface area contributed by atoms with Gasteiger partial charge in [0.25, 0.3) is 0 Å². The molecule has 0 aliphatic rings. The Balaban J connectivity index is 0.000000307. The molecule has 2 rings (SSSR count). The first-order valence-corrected chi connectivity index (χ1v) is 12.7. The van der Waals surface area contributed by atoms with Gasteiger partial charge >= 0.3 is 0 Å². The third kappa shape index (κ3) is 7.11. The lowest BCUT2D eigenvalue weighted by Crippen LogP contribution is -1.97. The van der Waals surface area contributed by atoms with Crippen LogP contribution in [0.3, 0.4) is 0 Å². The number of carbonyl (C=O) groups excluding carboxylic acids is 1. The number of hydrogen-bond acceptors (Lipinski definition) is 5. The van der Waals surface area contributed by atoms with Crippen LogP contribution in [0.25, 0.3) is 6.08 Å². The van der Waals surface area contributed by atoms with Crippen LogP contribution >= 0.6 is 40.0 Å². The van der Waals surface area contributed by atoms with Crippen molar-refractivity contribution in [3.63, 3.8) is 0 Å². The summed E-state index contributed by atoms with van der Waals surface area (Å²) in [6.07, 6.45) is 3.46. The number of allylic oxidation sites excluding steroid dienone is 1. The van der Waals surface area contributed by atoms with Gasteiger partial charge in [0.1, 0.15) is 0 Å². The third-order valence-electron chi connectivity index (χ3n) is 3.76. The van der Waals surface area contributed by atoms with Crippen molar-refractivity contribution in [3.8, 4) is 0 Å². The number of aldehydes is 1. The molecule has 5 nitrogen and oxygen atoms in total. The van der Waals surface area contributed by atoms with Gasteiger partial charge in [-0.25, -0.2) is 4.39 Å². The number of aryl methyl sites for hydroxylation is 1. The summed E-state index contributed by atoms with van der Waals surface area (Å²) < 4.78 is 12.8. The van der Waals surface area contributed by atoms with Crippen LogP contribution in [0, 0.1) is 19.3 Å². The third-order valence-corrected chi connectivity index (χ3v) is 5.32. The lowest BCUT2D eigenvalue weighted by molar-refractivity contribution is -0.106. The van der Waals surface area contributed by atoms with E-state index in [1.165, 1.54) is 0 Å². The summed E-state index contributed by atoms with van der Waals surface area (Å²) in [5.74, 6) is -0.813. The molecule has 28 heavy (non-hydrogen) atoms. The largest absolute Gasteiger partial charge is 0.386 e. The molecule has 0 saturated heterocycles. The lowest BCUT2D eigenvalue weighted by atomic mass is 10.1. The van der Waals surface area contributed by atoms with E-state index in [0.29, 0.717) is 22.7 Å². The molecule has 1 atom stereocenters. The highest BCUT2D eigenvalue weighted by atomic mass is 127. The van der Waals surface area contributed by atoms with Crippen molar-refractivity contribution >= 4 is 69.5 Å². The van der Waals surface area contributed by atoms with Gasteiger partial charge in [-0.1, -0.05) is 23.7 Å². The summed E-state index contributed by atoms with van der Waals surface area (Å²) in [6.45, 7) is 5.62. The normalized spacial score (nSPS) is 11.0. The molecule has 1 aromatic heterocycles. The molecule has 150 valence electrons. The highest BCUT2D eigenvalue weighted by molar-refractivity contribution is 14.2. The summed E-state index contributed by atoms with van der Waals surface area (Å²) in [6, 6.07) is 5.14. The topological polar surface area (TPSA) is 77.9 Å². The number of pyridine rings is 1. The summed E-state index contributed by atoms with van der Waals surface area (Å²) >= 11 is 8.04. The monoisotopic (exact) mass is 534 g/mol. The van der Waals surface area contributed by atoms with Gasteiger partial charge in [-0.2, -0.15) is 0 Å². The van der Waals surface area contributed by atoms with Crippen LogP contribution in [0.15, 0.2) is 30.2 Å². The molecule has 9 heteroatoms. The van der Waals surface area contributed by atoms with Gasteiger partial charge in [-0.3, -0.25) is 9.78 Å². The zero-order valence-corrected chi connectivity index (χ0v) is 19.9. The second-order valence-corrected chi connectivity index (χ2v) is 8.20. The Labute approximate surface area is 184 Å². The van der Waals surface area contributed by atoms with Crippen molar-refractivity contribution in [1.82, 2.24) is 4.98 Å². The number of halogens is 3. The number of rotatable bonds is 6. The van der Waals surface area contributed by atoms with Crippen LogP contribution in [-0.4, -0.2) is 24.0 Å². The van der Waals surface area contributed by atoms with E-state index in [1.54, 1.807) is 31.3 Å². The molecule has 0 radical (unpaired) electrons. The van der Waals surface area contributed by atoms with Gasteiger partial charge in [0.2, 0.25) is 0 Å². The highest BCUT2D eigenvalue weighted by Crippen LogP contribution is 2.28. The van der Waals surface area contributed by atoms with Crippen LogP contribution in [0.5, 0.6) is 0 Å². The van der Waals surface area contributed by atoms with E-state index >= 15 is 0 Å². The molecule has 2 aromatic rings. The van der Waals surface area contributed by atoms with Gasteiger partial charge in [0.05, 0.1) is 16.4 Å². The minimum atomic E-state index is -0.813. The predicted molar refractivity (Wildman–Crippen MR) is 128 cm³/mol. The summed E-state index contributed by atoms with van der Waals surface area (Å²) in [5, 5.41) is 14.5. The zero-order chi connectivity index (χ0) is 21.3. The van der Waals surface area contributed by atoms with E-state index in [9.17, 15) is 9.18 Å². The van der Waals surface area contributed by atoms with Gasteiger partial charge < -0.3 is 15.8 Å². The van der Waals surface area contributed by atoms with Crippen molar-refractivity contribution in [1.29, 1.82) is 5.41 Å². The zero-order valence-electron chi connectivity index (χ0n) is 16.0. The van der Waals surface area contributed by atoms with Crippen LogP contribution < -0.4 is 10.4 Å². The second-order valence-electron chi connectivity index (χ2n) is 5.74. The van der Waals surface area contributed by atoms with E-state index in [0.717, 1.165) is 34.3 Å². The average Bonchev–Trinajstić information content (AvgIpc) is 2.66. The predicted octanol–water partition coefficient (Wildman–Crippen LogP) is 6.33. The Morgan fingerprint density at radius 1 is 1.39 bits per heavy atom. The molecule has 0 fully saturated rings. The minimum absolute atomic E-state index is 0.170. The lowest BCUT2D eigenvalue weighted by Gasteiger charge is -2.10. The van der Waals surface area contributed by atoms with Crippen molar-refractivity contribution < 1.29 is 9.18 Å². The molecular formula is C19H22ClFIN4OP. The molecule has 0 amide bonds. The fraction of sp³-hybridized carbons (Fsp3) is 0.211. The summed E-state index contributed by atoms with van der Waals surface area (Å²) in [5.41, 5.74) is 5.65. The molecule has 0 saturated carbocycles. The van der Waals surface area contributed by atoms with Crippen molar-refractivity contribution in [2.75, 3.05) is 17.5 Å². The molecule has 0 aliphatic carbocycles. The summed E-state index contributed by atoms with van der Waals surface area (Å²) in [4.78, 5) is 14.3. The van der Waals surface area contributed by atoms with Gasteiger partial charge in [-0.05, 0) is 66.1 Å². The number of carbonyl (C=O) groups is 1. The van der Waals surface area contributed by atoms with E-state index in [4.69, 9.17) is 17.0 Å². The van der Waals surface area contributed by atoms with Crippen LogP contribution in [-0.2, 0) is 4.79 Å². The molecule has 1 heterocycles. The number of aromatic nitrogens is 1. The molecule has 3 N–H and O–H groups in total. The first-order valence-electron chi connectivity index (χ1n) is 8.18. The molecule has 0 bridgehead atoms. The quantitative estimate of drug-likeness (QED) is 0.133. The highest BCUT2D eigenvalue weighted by Gasteiger charge is 2.05. The van der Waals surface area contributed by atoms with Gasteiger partial charge in [0, 0.05) is 36.6 Å². The van der Waals surface area contributed by atoms with E-state index < -0.39 is 5.83 Å². The van der Waals surface area contributed by atoms with E-state index in [1.807, 2.05) is 20.9 Å². The standard InChI is InChI=1S/C11H11FIN2OP.C8H11ClN2/c1-7(14)10-3-2-8(4-9(12)6-16)5-11(10)15-17-13;1-5-7(9)4-11-6(2)8(5)10-3/h2-6,14-15,17H,1H3;4,10H,1-3H3/b9-4-,14-7?;. The molecule has 0 aliphatic heterocycles. The Morgan fingerprint density at radius 2 is 2.07 bits per heavy atom. The van der Waals surface area contributed by atoms with Crippen LogP contribution in [0.4, 0.5) is 15.8 Å². The van der Waals surface area contributed by atoms with Crippen molar-refractivity contribution in [2.45, 2.75) is 20.8 Å². The first-order chi connectivity index (χ1) is 13.2. The number of nitrogens with zero attached hydrogens (tertiary/aromatic N) is 1. The molecule has 1 aromatic carbocycles. The van der Waals surface area contributed by atoms with E-state index in [-0.39, 0.29) is 6.29 Å². The first kappa shape index (κ1) is 24.5. The Kier molecular flexibility index (Phi) is 10.6. The second kappa shape index (κ2) is 12.1. The fourth-order valence-corrected chi connectivity index (χ4v) is 3.72. The number of anilines is 2. The fourth-order valence-electron chi connectivity index (χ4n) is 2.40. The van der Waals surface area contributed by atoms with Crippen molar-refractivity contribution in [3.05, 3.63) is 57.6 Å². The number of benzene rings is 1. The van der Waals surface area contributed by atoms with Gasteiger partial charge in [0.15, 0.2) is 12.1 Å². The average molecular weight is 535 g/mol.